The summed E-state index contributed by atoms with van der Waals surface area (Å²) < 4.78 is 23.2. The molecule has 0 aliphatic carbocycles. The fourth-order valence-electron chi connectivity index (χ4n) is 1.80. The number of halogens is 1. The zero-order chi connectivity index (χ0) is 12.5. The average Bonchev–Trinajstić information content (AvgIpc) is 2.60. The van der Waals surface area contributed by atoms with E-state index in [9.17, 15) is 8.42 Å². The van der Waals surface area contributed by atoms with Gasteiger partial charge in [-0.1, -0.05) is 11.6 Å². The van der Waals surface area contributed by atoms with Crippen molar-refractivity contribution in [2.75, 3.05) is 23.3 Å². The van der Waals surface area contributed by atoms with E-state index < -0.39 is 9.84 Å². The maximum absolute atomic E-state index is 11.6. The van der Waals surface area contributed by atoms with Crippen LogP contribution in [0.15, 0.2) is 6.33 Å². The second-order valence-corrected chi connectivity index (χ2v) is 6.71. The number of hydrogen-bond donors (Lipinski definition) is 2. The van der Waals surface area contributed by atoms with Crippen LogP contribution in [0, 0.1) is 0 Å². The molecule has 1 saturated heterocycles. The van der Waals surface area contributed by atoms with Crippen LogP contribution in [0.25, 0.3) is 0 Å². The van der Waals surface area contributed by atoms with Crippen LogP contribution in [0.2, 0.25) is 5.02 Å². The Morgan fingerprint density at radius 1 is 1.53 bits per heavy atom. The van der Waals surface area contributed by atoms with Gasteiger partial charge in [-0.2, -0.15) is 0 Å². The summed E-state index contributed by atoms with van der Waals surface area (Å²) in [5.74, 6) is 0.818. The molecule has 0 bridgehead atoms. The number of hydrogen-bond acceptors (Lipinski definition) is 6. The van der Waals surface area contributed by atoms with Crippen LogP contribution >= 0.6 is 11.6 Å². The molecule has 0 amide bonds. The van der Waals surface area contributed by atoms with Gasteiger partial charge in [-0.3, -0.25) is 0 Å². The molecule has 6 nitrogen and oxygen atoms in total. The standard InChI is InChI=1S/C9H13ClN4O2S/c10-7-8(11)13-5-14-9(7)12-4-6-2-1-3-17(6,15)16/h5-6H,1-4H2,(H3,11,12,13,14). The van der Waals surface area contributed by atoms with E-state index in [1.165, 1.54) is 6.33 Å². The van der Waals surface area contributed by atoms with E-state index in [1.807, 2.05) is 0 Å². The lowest BCUT2D eigenvalue weighted by Crippen LogP contribution is -2.25. The molecular weight excluding hydrogens is 264 g/mol. The number of nitrogens with two attached hydrogens (primary N) is 1. The highest BCUT2D eigenvalue weighted by molar-refractivity contribution is 7.92. The third-order valence-corrected chi connectivity index (χ3v) is 5.42. The maximum atomic E-state index is 11.6. The van der Waals surface area contributed by atoms with Crippen molar-refractivity contribution in [1.29, 1.82) is 0 Å². The topological polar surface area (TPSA) is 98.0 Å². The fourth-order valence-corrected chi connectivity index (χ4v) is 3.73. The van der Waals surface area contributed by atoms with Gasteiger partial charge in [-0.05, 0) is 12.8 Å². The van der Waals surface area contributed by atoms with Gasteiger partial charge in [0.25, 0.3) is 0 Å². The summed E-state index contributed by atoms with van der Waals surface area (Å²) in [6.45, 7) is 0.304. The van der Waals surface area contributed by atoms with Gasteiger partial charge in [-0.25, -0.2) is 18.4 Å². The minimum Gasteiger partial charge on any atom is -0.382 e. The molecule has 2 rings (SSSR count). The number of nitrogens with one attached hydrogen (secondary N) is 1. The lowest BCUT2D eigenvalue weighted by Gasteiger charge is -2.12. The molecule has 1 unspecified atom stereocenters. The van der Waals surface area contributed by atoms with Crippen molar-refractivity contribution in [3.63, 3.8) is 0 Å². The molecular formula is C9H13ClN4O2S. The van der Waals surface area contributed by atoms with E-state index in [0.29, 0.717) is 25.2 Å². The number of sulfone groups is 1. The van der Waals surface area contributed by atoms with E-state index >= 15 is 0 Å². The van der Waals surface area contributed by atoms with Gasteiger partial charge >= 0.3 is 0 Å². The molecule has 1 aromatic rings. The van der Waals surface area contributed by atoms with Gasteiger partial charge in [0.2, 0.25) is 0 Å². The zero-order valence-electron chi connectivity index (χ0n) is 9.06. The summed E-state index contributed by atoms with van der Waals surface area (Å²) >= 11 is 5.89. The molecule has 0 spiro atoms. The molecule has 1 aromatic heterocycles. The Balaban J connectivity index is 2.06. The molecule has 1 fully saturated rings. The van der Waals surface area contributed by atoms with Crippen LogP contribution in [-0.2, 0) is 9.84 Å². The van der Waals surface area contributed by atoms with Crippen molar-refractivity contribution < 1.29 is 8.42 Å². The quantitative estimate of drug-likeness (QED) is 0.843. The molecule has 17 heavy (non-hydrogen) atoms. The average molecular weight is 277 g/mol. The van der Waals surface area contributed by atoms with E-state index in [1.54, 1.807) is 0 Å². The molecule has 94 valence electrons. The van der Waals surface area contributed by atoms with Crippen LogP contribution in [0.3, 0.4) is 0 Å². The van der Waals surface area contributed by atoms with E-state index in [4.69, 9.17) is 17.3 Å². The van der Waals surface area contributed by atoms with Crippen LogP contribution in [0.1, 0.15) is 12.8 Å². The predicted molar refractivity (Wildman–Crippen MR) is 66.8 cm³/mol. The molecule has 0 aromatic carbocycles. The summed E-state index contributed by atoms with van der Waals surface area (Å²) in [4.78, 5) is 7.64. The number of nitrogen functional groups attached to an aromatic ring is 1. The summed E-state index contributed by atoms with van der Waals surface area (Å²) in [5.41, 5.74) is 5.52. The van der Waals surface area contributed by atoms with Gasteiger partial charge < -0.3 is 11.1 Å². The first-order chi connectivity index (χ1) is 8.00. The smallest absolute Gasteiger partial charge is 0.154 e. The van der Waals surface area contributed by atoms with Gasteiger partial charge in [0.1, 0.15) is 23.0 Å². The van der Waals surface area contributed by atoms with Crippen molar-refractivity contribution in [3.8, 4) is 0 Å². The van der Waals surface area contributed by atoms with Gasteiger partial charge in [0.15, 0.2) is 9.84 Å². The lowest BCUT2D eigenvalue weighted by atomic mass is 10.2. The van der Waals surface area contributed by atoms with E-state index in [-0.39, 0.29) is 21.8 Å². The van der Waals surface area contributed by atoms with Gasteiger partial charge in [0.05, 0.1) is 11.0 Å². The third-order valence-electron chi connectivity index (χ3n) is 2.78. The summed E-state index contributed by atoms with van der Waals surface area (Å²) in [7, 11) is -2.96. The Bertz CT molecular complexity index is 520. The minimum atomic E-state index is -2.96. The number of anilines is 2. The Labute approximate surface area is 105 Å². The largest absolute Gasteiger partial charge is 0.382 e. The molecule has 0 saturated carbocycles. The van der Waals surface area contributed by atoms with Crippen LogP contribution in [0.5, 0.6) is 0 Å². The molecule has 1 aliphatic heterocycles. The number of nitrogens with zero attached hydrogens (tertiary/aromatic N) is 2. The molecule has 1 aliphatic rings. The predicted octanol–water partition coefficient (Wildman–Crippen LogP) is 0.701. The number of aromatic nitrogens is 2. The summed E-state index contributed by atoms with van der Waals surface area (Å²) in [6, 6.07) is 0. The second-order valence-electron chi connectivity index (χ2n) is 3.93. The van der Waals surface area contributed by atoms with Crippen molar-refractivity contribution >= 4 is 33.1 Å². The first-order valence-electron chi connectivity index (χ1n) is 5.22. The molecule has 2 heterocycles. The van der Waals surface area contributed by atoms with Crippen LogP contribution in [-0.4, -0.2) is 35.9 Å². The molecule has 3 N–H and O–H groups in total. The normalized spacial score (nSPS) is 22.5. The van der Waals surface area contributed by atoms with E-state index in [0.717, 1.165) is 0 Å². The molecule has 8 heteroatoms. The van der Waals surface area contributed by atoms with Gasteiger partial charge in [0, 0.05) is 6.54 Å². The first-order valence-corrected chi connectivity index (χ1v) is 7.31. The second kappa shape index (κ2) is 4.66. The first kappa shape index (κ1) is 12.4. The monoisotopic (exact) mass is 276 g/mol. The lowest BCUT2D eigenvalue weighted by molar-refractivity contribution is 0.591. The SMILES string of the molecule is Nc1ncnc(NCC2CCCS2(=O)=O)c1Cl. The number of rotatable bonds is 3. The summed E-state index contributed by atoms with van der Waals surface area (Å²) in [6.07, 6.45) is 2.68. The van der Waals surface area contributed by atoms with Crippen LogP contribution < -0.4 is 11.1 Å². The Hall–Kier alpha value is -1.08. The fraction of sp³-hybridized carbons (Fsp3) is 0.556. The Kier molecular flexibility index (Phi) is 3.39. The third kappa shape index (κ3) is 2.61. The highest BCUT2D eigenvalue weighted by atomic mass is 35.5. The molecule has 0 radical (unpaired) electrons. The Morgan fingerprint density at radius 2 is 2.29 bits per heavy atom. The van der Waals surface area contributed by atoms with Crippen molar-refractivity contribution in [2.24, 2.45) is 0 Å². The highest BCUT2D eigenvalue weighted by Gasteiger charge is 2.31. The van der Waals surface area contributed by atoms with Crippen LogP contribution in [0.4, 0.5) is 11.6 Å². The van der Waals surface area contributed by atoms with Crippen molar-refractivity contribution in [3.05, 3.63) is 11.3 Å². The highest BCUT2D eigenvalue weighted by Crippen LogP contribution is 2.25. The van der Waals surface area contributed by atoms with E-state index in [2.05, 4.69) is 15.3 Å². The van der Waals surface area contributed by atoms with Crippen molar-refractivity contribution in [1.82, 2.24) is 9.97 Å². The maximum Gasteiger partial charge on any atom is 0.154 e. The van der Waals surface area contributed by atoms with Gasteiger partial charge in [-0.15, -0.1) is 0 Å². The molecule has 1 atom stereocenters. The minimum absolute atomic E-state index is 0.179. The zero-order valence-corrected chi connectivity index (χ0v) is 10.6. The summed E-state index contributed by atoms with van der Waals surface area (Å²) in [5, 5.41) is 2.77. The Morgan fingerprint density at radius 3 is 2.94 bits per heavy atom. The van der Waals surface area contributed by atoms with Crippen molar-refractivity contribution in [2.45, 2.75) is 18.1 Å².